The average Bonchev–Trinajstić information content (AvgIpc) is 3.49. The van der Waals surface area contributed by atoms with E-state index in [1.165, 1.54) is 15.8 Å². The van der Waals surface area contributed by atoms with E-state index in [1.54, 1.807) is 24.4 Å². The molecule has 3 aliphatic heterocycles. The number of anilines is 1. The Morgan fingerprint density at radius 2 is 2.03 bits per heavy atom. The lowest BCUT2D eigenvalue weighted by Gasteiger charge is -2.29. The molecule has 0 radical (unpaired) electrons. The van der Waals surface area contributed by atoms with E-state index in [0.29, 0.717) is 36.6 Å². The van der Waals surface area contributed by atoms with Crippen molar-refractivity contribution in [3.8, 4) is 5.69 Å². The van der Waals surface area contributed by atoms with Crippen LogP contribution in [-0.4, -0.2) is 61.2 Å². The van der Waals surface area contributed by atoms with Crippen LogP contribution in [0, 0.1) is 0 Å². The van der Waals surface area contributed by atoms with Crippen LogP contribution in [0.5, 0.6) is 0 Å². The van der Waals surface area contributed by atoms with E-state index in [0.717, 1.165) is 23.2 Å². The Bertz CT molecular complexity index is 1430. The SMILES string of the molecule is O=C1CCC(N2Cc3cc(-n4cc(C(=O)Nc5cnc6c(c5)COCC6)nn4)ccc3C2=O)C(=O)N1. The number of pyridine rings is 1. The number of nitrogens with zero attached hydrogens (tertiary/aromatic N) is 5. The third kappa shape index (κ3) is 3.90. The second-order valence-electron chi connectivity index (χ2n) is 8.88. The van der Waals surface area contributed by atoms with Gasteiger partial charge in [0.25, 0.3) is 11.8 Å². The van der Waals surface area contributed by atoms with E-state index >= 15 is 0 Å². The largest absolute Gasteiger partial charge is 0.376 e. The highest BCUT2D eigenvalue weighted by Gasteiger charge is 2.39. The molecule has 182 valence electrons. The van der Waals surface area contributed by atoms with Gasteiger partial charge in [-0.05, 0) is 36.2 Å². The molecule has 1 saturated heterocycles. The predicted molar refractivity (Wildman–Crippen MR) is 123 cm³/mol. The fourth-order valence-corrected chi connectivity index (χ4v) is 4.70. The molecule has 1 aromatic carbocycles. The van der Waals surface area contributed by atoms with Crippen molar-refractivity contribution in [1.29, 1.82) is 0 Å². The number of nitrogens with one attached hydrogen (secondary N) is 2. The summed E-state index contributed by atoms with van der Waals surface area (Å²) >= 11 is 0. The first kappa shape index (κ1) is 22.0. The third-order valence-electron chi connectivity index (χ3n) is 6.56. The zero-order chi connectivity index (χ0) is 24.8. The van der Waals surface area contributed by atoms with Crippen molar-refractivity contribution in [2.75, 3.05) is 11.9 Å². The summed E-state index contributed by atoms with van der Waals surface area (Å²) < 4.78 is 6.90. The smallest absolute Gasteiger partial charge is 0.277 e. The standard InChI is InChI=1S/C24H21N7O5/c32-21-4-3-20(23(34)27-21)30-10-13-8-16(1-2-17(13)24(30)35)31-11-19(28-29-31)22(33)26-15-7-14-12-36-6-5-18(14)25-9-15/h1-2,7-9,11,20H,3-6,10,12H2,(H,26,33)(H,27,32,34). The van der Waals surface area contributed by atoms with E-state index in [9.17, 15) is 19.2 Å². The van der Waals surface area contributed by atoms with Gasteiger partial charge in [0.2, 0.25) is 11.8 Å². The number of hydrogen-bond donors (Lipinski definition) is 2. The molecule has 4 amide bonds. The van der Waals surface area contributed by atoms with Gasteiger partial charge >= 0.3 is 0 Å². The molecule has 3 aliphatic rings. The van der Waals surface area contributed by atoms with Gasteiger partial charge in [0.1, 0.15) is 6.04 Å². The fraction of sp³-hybridized carbons (Fsp3) is 0.292. The van der Waals surface area contributed by atoms with Gasteiger partial charge in [-0.3, -0.25) is 29.5 Å². The lowest BCUT2D eigenvalue weighted by molar-refractivity contribution is -0.136. The number of amides is 4. The van der Waals surface area contributed by atoms with Crippen LogP contribution in [0.4, 0.5) is 5.69 Å². The van der Waals surface area contributed by atoms with Crippen LogP contribution in [0.2, 0.25) is 0 Å². The van der Waals surface area contributed by atoms with Crippen molar-refractivity contribution in [3.05, 3.63) is 64.7 Å². The molecular formula is C24H21N7O5. The van der Waals surface area contributed by atoms with Gasteiger partial charge in [-0.2, -0.15) is 0 Å². The van der Waals surface area contributed by atoms with Crippen molar-refractivity contribution in [3.63, 3.8) is 0 Å². The van der Waals surface area contributed by atoms with Crippen molar-refractivity contribution in [1.82, 2.24) is 30.2 Å². The number of piperidine rings is 1. The molecule has 12 heteroatoms. The molecule has 1 unspecified atom stereocenters. The quantitative estimate of drug-likeness (QED) is 0.512. The molecule has 3 aromatic rings. The van der Waals surface area contributed by atoms with Gasteiger partial charge in [-0.15, -0.1) is 5.10 Å². The third-order valence-corrected chi connectivity index (χ3v) is 6.56. The zero-order valence-electron chi connectivity index (χ0n) is 19.1. The lowest BCUT2D eigenvalue weighted by atomic mass is 10.0. The number of imide groups is 1. The molecule has 2 aromatic heterocycles. The second-order valence-corrected chi connectivity index (χ2v) is 8.88. The minimum absolute atomic E-state index is 0.116. The predicted octanol–water partition coefficient (Wildman–Crippen LogP) is 0.748. The molecule has 1 fully saturated rings. The van der Waals surface area contributed by atoms with Crippen LogP contribution in [0.15, 0.2) is 36.7 Å². The summed E-state index contributed by atoms with van der Waals surface area (Å²) in [5.74, 6) is -1.47. The Hall–Kier alpha value is -4.45. The Morgan fingerprint density at radius 3 is 2.89 bits per heavy atom. The monoisotopic (exact) mass is 487 g/mol. The van der Waals surface area contributed by atoms with Crippen LogP contribution in [0.1, 0.15) is 50.5 Å². The van der Waals surface area contributed by atoms with Gasteiger partial charge < -0.3 is 15.0 Å². The number of benzene rings is 1. The van der Waals surface area contributed by atoms with E-state index in [2.05, 4.69) is 25.9 Å². The van der Waals surface area contributed by atoms with Crippen LogP contribution in [-0.2, 0) is 33.9 Å². The highest BCUT2D eigenvalue weighted by atomic mass is 16.5. The summed E-state index contributed by atoms with van der Waals surface area (Å²) in [7, 11) is 0. The van der Waals surface area contributed by atoms with Crippen molar-refractivity contribution in [2.24, 2.45) is 0 Å². The van der Waals surface area contributed by atoms with Gasteiger partial charge in [-0.25, -0.2) is 4.68 Å². The number of carbonyl (C=O) groups is 4. The van der Waals surface area contributed by atoms with E-state index in [1.807, 2.05) is 6.07 Å². The summed E-state index contributed by atoms with van der Waals surface area (Å²) in [5.41, 5.74) is 4.41. The molecule has 0 aliphatic carbocycles. The summed E-state index contributed by atoms with van der Waals surface area (Å²) in [5, 5.41) is 13.1. The van der Waals surface area contributed by atoms with E-state index in [-0.39, 0.29) is 30.5 Å². The Morgan fingerprint density at radius 1 is 1.14 bits per heavy atom. The number of aromatic nitrogens is 4. The highest BCUT2D eigenvalue weighted by Crippen LogP contribution is 2.29. The van der Waals surface area contributed by atoms with Crippen molar-refractivity contribution < 1.29 is 23.9 Å². The molecule has 0 spiro atoms. The van der Waals surface area contributed by atoms with Crippen LogP contribution < -0.4 is 10.6 Å². The molecule has 2 N–H and O–H groups in total. The van der Waals surface area contributed by atoms with Gasteiger partial charge in [0.15, 0.2) is 5.69 Å². The second kappa shape index (κ2) is 8.64. The number of ether oxygens (including phenoxy) is 1. The molecule has 12 nitrogen and oxygen atoms in total. The number of rotatable bonds is 4. The number of hydrogen-bond acceptors (Lipinski definition) is 8. The highest BCUT2D eigenvalue weighted by molar-refractivity contribution is 6.05. The molecule has 5 heterocycles. The summed E-state index contributed by atoms with van der Waals surface area (Å²) in [6.45, 7) is 1.34. The normalized spacial score (nSPS) is 19.1. The van der Waals surface area contributed by atoms with Crippen LogP contribution in [0.25, 0.3) is 5.69 Å². The van der Waals surface area contributed by atoms with Crippen LogP contribution >= 0.6 is 0 Å². The molecular weight excluding hydrogens is 466 g/mol. The van der Waals surface area contributed by atoms with Crippen molar-refractivity contribution >= 4 is 29.3 Å². The average molecular weight is 487 g/mol. The Balaban J connectivity index is 1.17. The first-order valence-electron chi connectivity index (χ1n) is 11.5. The zero-order valence-corrected chi connectivity index (χ0v) is 19.1. The topological polar surface area (TPSA) is 148 Å². The Kier molecular flexibility index (Phi) is 5.29. The minimum atomic E-state index is -0.683. The summed E-state index contributed by atoms with van der Waals surface area (Å²) in [6.07, 6.45) is 4.35. The maximum absolute atomic E-state index is 12.9. The molecule has 36 heavy (non-hydrogen) atoms. The van der Waals surface area contributed by atoms with Crippen molar-refractivity contribution in [2.45, 2.75) is 38.5 Å². The molecule has 0 bridgehead atoms. The first-order chi connectivity index (χ1) is 17.5. The maximum atomic E-state index is 12.9. The lowest BCUT2D eigenvalue weighted by Crippen LogP contribution is -2.52. The number of fused-ring (bicyclic) bond motifs is 2. The first-order valence-corrected chi connectivity index (χ1v) is 11.5. The molecule has 1 atom stereocenters. The summed E-state index contributed by atoms with van der Waals surface area (Å²) in [6, 6.07) is 6.31. The van der Waals surface area contributed by atoms with Crippen LogP contribution in [0.3, 0.4) is 0 Å². The van der Waals surface area contributed by atoms with Gasteiger partial charge in [0, 0.05) is 36.2 Å². The van der Waals surface area contributed by atoms with E-state index in [4.69, 9.17) is 4.74 Å². The van der Waals surface area contributed by atoms with E-state index < -0.39 is 17.9 Å². The van der Waals surface area contributed by atoms with Gasteiger partial charge in [0.05, 0.1) is 37.0 Å². The fourth-order valence-electron chi connectivity index (χ4n) is 4.70. The minimum Gasteiger partial charge on any atom is -0.376 e. The molecule has 6 rings (SSSR count). The summed E-state index contributed by atoms with van der Waals surface area (Å²) in [4.78, 5) is 55.2. The maximum Gasteiger partial charge on any atom is 0.277 e. The van der Waals surface area contributed by atoms with Gasteiger partial charge in [-0.1, -0.05) is 5.21 Å². The Labute approximate surface area is 204 Å². The number of carbonyl (C=O) groups excluding carboxylic acids is 4. The molecule has 0 saturated carbocycles.